The zero-order chi connectivity index (χ0) is 15.1. The molecule has 0 aromatic heterocycles. The van der Waals surface area contributed by atoms with Crippen LogP contribution in [-0.4, -0.2) is 4.92 Å². The third-order valence-corrected chi connectivity index (χ3v) is 4.71. The van der Waals surface area contributed by atoms with E-state index in [0.717, 1.165) is 17.7 Å². The van der Waals surface area contributed by atoms with E-state index in [0.29, 0.717) is 11.8 Å². The summed E-state index contributed by atoms with van der Waals surface area (Å²) in [5, 5.41) is 14.6. The van der Waals surface area contributed by atoms with Crippen molar-refractivity contribution < 1.29 is 4.92 Å². The molecule has 0 amide bonds. The fraction of sp³-hybridized carbons (Fsp3) is 0.222. The topological polar surface area (TPSA) is 55.2 Å². The Labute approximate surface area is 128 Å². The highest BCUT2D eigenvalue weighted by Crippen LogP contribution is 2.49. The Morgan fingerprint density at radius 2 is 2.00 bits per heavy atom. The van der Waals surface area contributed by atoms with E-state index in [1.807, 2.05) is 12.1 Å². The summed E-state index contributed by atoms with van der Waals surface area (Å²) in [6.45, 7) is 0. The van der Waals surface area contributed by atoms with Crippen molar-refractivity contribution in [3.8, 4) is 0 Å². The molecule has 2 aromatic rings. The number of fused-ring (bicyclic) bond motifs is 3. The van der Waals surface area contributed by atoms with Crippen LogP contribution in [-0.2, 0) is 0 Å². The molecule has 0 fully saturated rings. The van der Waals surface area contributed by atoms with E-state index >= 15 is 0 Å². The van der Waals surface area contributed by atoms with Crippen molar-refractivity contribution in [2.75, 3.05) is 5.32 Å². The van der Waals surface area contributed by atoms with E-state index in [2.05, 4.69) is 35.7 Å². The van der Waals surface area contributed by atoms with E-state index in [9.17, 15) is 10.1 Å². The molecule has 1 aliphatic carbocycles. The summed E-state index contributed by atoms with van der Waals surface area (Å²) in [6, 6.07) is 15.4. The van der Waals surface area contributed by atoms with Crippen LogP contribution in [0, 0.1) is 16.0 Å². The lowest BCUT2D eigenvalue weighted by molar-refractivity contribution is -0.384. The average Bonchev–Trinajstić information content (AvgIpc) is 3.04. The number of nitrogens with one attached hydrogen (secondary N) is 1. The van der Waals surface area contributed by atoms with Crippen LogP contribution < -0.4 is 5.32 Å². The van der Waals surface area contributed by atoms with Crippen LogP contribution in [0.4, 0.5) is 11.4 Å². The fourth-order valence-electron chi connectivity index (χ4n) is 3.71. The summed E-state index contributed by atoms with van der Waals surface area (Å²) in [6.07, 6.45) is 5.50. The maximum Gasteiger partial charge on any atom is 0.269 e. The number of nitro benzene ring substituents is 1. The maximum absolute atomic E-state index is 11.0. The van der Waals surface area contributed by atoms with E-state index in [1.54, 1.807) is 18.2 Å². The number of anilines is 1. The van der Waals surface area contributed by atoms with Crippen LogP contribution in [0.3, 0.4) is 0 Å². The Balaban J connectivity index is 1.77. The first-order valence-electron chi connectivity index (χ1n) is 7.50. The average molecular weight is 292 g/mol. The minimum atomic E-state index is -0.329. The molecule has 2 aromatic carbocycles. The monoisotopic (exact) mass is 292 g/mol. The zero-order valence-electron chi connectivity index (χ0n) is 12.0. The van der Waals surface area contributed by atoms with Crippen LogP contribution >= 0.6 is 0 Å². The number of non-ortho nitro benzene ring substituents is 1. The second kappa shape index (κ2) is 4.98. The molecule has 4 nitrogen and oxygen atoms in total. The van der Waals surface area contributed by atoms with Crippen molar-refractivity contribution in [3.63, 3.8) is 0 Å². The summed E-state index contributed by atoms with van der Waals surface area (Å²) < 4.78 is 0. The molecular formula is C18H16N2O2. The molecule has 0 radical (unpaired) electrons. The first kappa shape index (κ1) is 13.1. The standard InChI is InChI=1S/C18H16N2O2/c21-20(22)13-6-3-5-12(11-13)18-16-9-4-8-14(16)15-7-1-2-10-17(15)19-18/h1-8,10-11,14,16,18-19H,9H2/t14-,16-,18-/m0/s1. The molecule has 1 N–H and O–H groups in total. The van der Waals surface area contributed by atoms with Gasteiger partial charge >= 0.3 is 0 Å². The van der Waals surface area contributed by atoms with Crippen LogP contribution in [0.15, 0.2) is 60.7 Å². The maximum atomic E-state index is 11.0. The minimum absolute atomic E-state index is 0.106. The van der Waals surface area contributed by atoms with Gasteiger partial charge in [-0.3, -0.25) is 10.1 Å². The molecule has 0 saturated carbocycles. The number of allylic oxidation sites excluding steroid dienone is 2. The predicted octanol–water partition coefficient (Wildman–Crippen LogP) is 4.42. The number of hydrogen-bond donors (Lipinski definition) is 1. The van der Waals surface area contributed by atoms with Gasteiger partial charge in [0, 0.05) is 23.7 Å². The molecule has 1 aliphatic heterocycles. The highest BCUT2D eigenvalue weighted by atomic mass is 16.6. The molecule has 1 heterocycles. The van der Waals surface area contributed by atoms with Crippen LogP contribution in [0.2, 0.25) is 0 Å². The summed E-state index contributed by atoms with van der Waals surface area (Å²) in [5.74, 6) is 0.804. The SMILES string of the molecule is O=[N+]([O-])c1cccc([C@@H]2Nc3ccccc3[C@@H]3C=CC[C@@H]32)c1. The van der Waals surface area contributed by atoms with Crippen molar-refractivity contribution in [1.82, 2.24) is 0 Å². The number of benzene rings is 2. The second-order valence-corrected chi connectivity index (χ2v) is 5.91. The summed E-state index contributed by atoms with van der Waals surface area (Å²) in [7, 11) is 0. The number of hydrogen-bond acceptors (Lipinski definition) is 3. The normalized spacial score (nSPS) is 25.2. The summed E-state index contributed by atoms with van der Waals surface area (Å²) in [5.41, 5.74) is 3.60. The van der Waals surface area contributed by atoms with Gasteiger partial charge in [-0.25, -0.2) is 0 Å². The van der Waals surface area contributed by atoms with Gasteiger partial charge in [-0.1, -0.05) is 42.5 Å². The number of para-hydroxylation sites is 1. The van der Waals surface area contributed by atoms with Crippen molar-refractivity contribution in [2.24, 2.45) is 5.92 Å². The third-order valence-electron chi connectivity index (χ3n) is 4.71. The molecule has 0 unspecified atom stereocenters. The molecule has 0 spiro atoms. The molecule has 110 valence electrons. The van der Waals surface area contributed by atoms with E-state index in [1.165, 1.54) is 5.56 Å². The quantitative estimate of drug-likeness (QED) is 0.506. The van der Waals surface area contributed by atoms with Crippen LogP contribution in [0.1, 0.15) is 29.5 Å². The third kappa shape index (κ3) is 1.99. The van der Waals surface area contributed by atoms with Gasteiger partial charge in [-0.05, 0) is 29.5 Å². The molecular weight excluding hydrogens is 276 g/mol. The van der Waals surface area contributed by atoms with Crippen LogP contribution in [0.25, 0.3) is 0 Å². The molecule has 22 heavy (non-hydrogen) atoms. The zero-order valence-corrected chi connectivity index (χ0v) is 12.0. The predicted molar refractivity (Wildman–Crippen MR) is 85.9 cm³/mol. The molecule has 4 heteroatoms. The van der Waals surface area contributed by atoms with Crippen molar-refractivity contribution in [1.29, 1.82) is 0 Å². The Hall–Kier alpha value is -2.62. The number of rotatable bonds is 2. The summed E-state index contributed by atoms with van der Waals surface area (Å²) in [4.78, 5) is 10.7. The highest BCUT2D eigenvalue weighted by molar-refractivity contribution is 5.59. The highest BCUT2D eigenvalue weighted by Gasteiger charge is 2.37. The van der Waals surface area contributed by atoms with Gasteiger partial charge in [0.15, 0.2) is 0 Å². The first-order chi connectivity index (χ1) is 10.7. The Morgan fingerprint density at radius 1 is 1.14 bits per heavy atom. The van der Waals surface area contributed by atoms with Gasteiger partial charge < -0.3 is 5.32 Å². The molecule has 0 bridgehead atoms. The lowest BCUT2D eigenvalue weighted by Crippen LogP contribution is -2.28. The molecule has 4 rings (SSSR count). The molecule has 3 atom stereocenters. The summed E-state index contributed by atoms with van der Waals surface area (Å²) >= 11 is 0. The molecule has 0 saturated heterocycles. The molecule has 2 aliphatic rings. The first-order valence-corrected chi connectivity index (χ1v) is 7.50. The Morgan fingerprint density at radius 3 is 2.86 bits per heavy atom. The van der Waals surface area contributed by atoms with Gasteiger partial charge in [-0.2, -0.15) is 0 Å². The fourth-order valence-corrected chi connectivity index (χ4v) is 3.71. The van der Waals surface area contributed by atoms with E-state index in [-0.39, 0.29) is 16.7 Å². The Kier molecular flexibility index (Phi) is 2.96. The second-order valence-electron chi connectivity index (χ2n) is 5.91. The smallest absolute Gasteiger partial charge is 0.269 e. The van der Waals surface area contributed by atoms with E-state index < -0.39 is 0 Å². The van der Waals surface area contributed by atoms with Gasteiger partial charge in [0.25, 0.3) is 5.69 Å². The minimum Gasteiger partial charge on any atom is -0.378 e. The van der Waals surface area contributed by atoms with Gasteiger partial charge in [0.1, 0.15) is 0 Å². The van der Waals surface area contributed by atoms with Gasteiger partial charge in [0.05, 0.1) is 11.0 Å². The van der Waals surface area contributed by atoms with Crippen molar-refractivity contribution in [2.45, 2.75) is 18.4 Å². The van der Waals surface area contributed by atoms with Crippen molar-refractivity contribution >= 4 is 11.4 Å². The lowest BCUT2D eigenvalue weighted by atomic mass is 9.77. The van der Waals surface area contributed by atoms with E-state index in [4.69, 9.17) is 0 Å². The number of nitro groups is 1. The van der Waals surface area contributed by atoms with Gasteiger partial charge in [0.2, 0.25) is 0 Å². The van der Waals surface area contributed by atoms with Gasteiger partial charge in [-0.15, -0.1) is 0 Å². The van der Waals surface area contributed by atoms with Crippen molar-refractivity contribution in [3.05, 3.63) is 81.9 Å². The largest absolute Gasteiger partial charge is 0.378 e. The van der Waals surface area contributed by atoms with Crippen LogP contribution in [0.5, 0.6) is 0 Å². The Bertz CT molecular complexity index is 769. The number of nitrogens with zero attached hydrogens (tertiary/aromatic N) is 1. The lowest BCUT2D eigenvalue weighted by Gasteiger charge is -2.37.